The number of halogens is 1. The minimum absolute atomic E-state index is 0. The zero-order valence-electron chi connectivity index (χ0n) is 13.0. The van der Waals surface area contributed by atoms with E-state index in [4.69, 9.17) is 4.74 Å². The first kappa shape index (κ1) is 19.7. The molecule has 1 aliphatic rings. The molecule has 0 bridgehead atoms. The van der Waals surface area contributed by atoms with Crippen molar-refractivity contribution in [2.75, 3.05) is 33.4 Å². The van der Waals surface area contributed by atoms with Gasteiger partial charge in [0, 0.05) is 26.2 Å². The molecule has 0 atom stereocenters. The highest BCUT2D eigenvalue weighted by molar-refractivity contribution is 5.85. The van der Waals surface area contributed by atoms with Gasteiger partial charge in [0.1, 0.15) is 0 Å². The Bertz CT molecular complexity index is 256. The predicted molar refractivity (Wildman–Crippen MR) is 85.4 cm³/mol. The van der Waals surface area contributed by atoms with Gasteiger partial charge in [0.25, 0.3) is 0 Å². The van der Waals surface area contributed by atoms with Crippen molar-refractivity contribution in [1.82, 2.24) is 10.6 Å². The molecule has 0 radical (unpaired) electrons. The summed E-state index contributed by atoms with van der Waals surface area (Å²) in [6.45, 7) is 5.38. The number of rotatable bonds is 10. The summed E-state index contributed by atoms with van der Waals surface area (Å²) in [5.74, 6) is 0.193. The molecule has 4 nitrogen and oxygen atoms in total. The van der Waals surface area contributed by atoms with E-state index in [1.165, 1.54) is 25.7 Å². The summed E-state index contributed by atoms with van der Waals surface area (Å²) in [7, 11) is 1.92. The second-order valence-electron chi connectivity index (χ2n) is 5.64. The van der Waals surface area contributed by atoms with Gasteiger partial charge in [0.15, 0.2) is 0 Å². The lowest BCUT2D eigenvalue weighted by Crippen LogP contribution is -2.37. The molecule has 5 heteroatoms. The molecule has 0 saturated heterocycles. The zero-order valence-corrected chi connectivity index (χ0v) is 13.8. The normalized spacial score (nSPS) is 16.7. The minimum atomic E-state index is 0. The van der Waals surface area contributed by atoms with E-state index in [2.05, 4.69) is 10.6 Å². The Labute approximate surface area is 129 Å². The van der Waals surface area contributed by atoms with E-state index in [1.807, 2.05) is 14.0 Å². The Morgan fingerprint density at radius 1 is 1.30 bits per heavy atom. The second-order valence-corrected chi connectivity index (χ2v) is 5.64. The molecule has 1 fully saturated rings. The largest absolute Gasteiger partial charge is 0.382 e. The lowest BCUT2D eigenvalue weighted by molar-refractivity contribution is -0.121. The monoisotopic (exact) mass is 306 g/mol. The Kier molecular flexibility index (Phi) is 11.2. The smallest absolute Gasteiger partial charge is 0.220 e. The van der Waals surface area contributed by atoms with Crippen molar-refractivity contribution in [3.8, 4) is 0 Å². The molecule has 2 N–H and O–H groups in total. The first-order valence-corrected chi connectivity index (χ1v) is 7.71. The van der Waals surface area contributed by atoms with Crippen molar-refractivity contribution >= 4 is 18.3 Å². The maximum Gasteiger partial charge on any atom is 0.220 e. The molecule has 0 spiro atoms. The topological polar surface area (TPSA) is 50.4 Å². The predicted octanol–water partition coefficient (Wildman–Crippen LogP) is 2.51. The van der Waals surface area contributed by atoms with Gasteiger partial charge in [-0.1, -0.05) is 12.8 Å². The van der Waals surface area contributed by atoms with Gasteiger partial charge in [0.2, 0.25) is 5.91 Å². The zero-order chi connectivity index (χ0) is 14.0. The number of ether oxygens (including phenoxy) is 1. The summed E-state index contributed by atoms with van der Waals surface area (Å²) < 4.78 is 5.49. The maximum absolute atomic E-state index is 11.8. The van der Waals surface area contributed by atoms with Crippen LogP contribution in [-0.2, 0) is 9.53 Å². The Morgan fingerprint density at radius 3 is 2.60 bits per heavy atom. The third kappa shape index (κ3) is 7.46. The summed E-state index contributed by atoms with van der Waals surface area (Å²) in [6, 6.07) is 0. The molecule has 0 aromatic heterocycles. The molecule has 1 aliphatic carbocycles. The summed E-state index contributed by atoms with van der Waals surface area (Å²) >= 11 is 0. The first-order valence-electron chi connectivity index (χ1n) is 7.71. The van der Waals surface area contributed by atoms with Crippen molar-refractivity contribution in [2.45, 2.75) is 51.9 Å². The van der Waals surface area contributed by atoms with Crippen LogP contribution in [0.4, 0.5) is 0 Å². The van der Waals surface area contributed by atoms with E-state index >= 15 is 0 Å². The van der Waals surface area contributed by atoms with E-state index in [0.717, 1.165) is 39.1 Å². The highest BCUT2D eigenvalue weighted by Crippen LogP contribution is 2.40. The van der Waals surface area contributed by atoms with Crippen LogP contribution in [0.5, 0.6) is 0 Å². The highest BCUT2D eigenvalue weighted by Gasteiger charge is 2.33. The van der Waals surface area contributed by atoms with E-state index < -0.39 is 0 Å². The van der Waals surface area contributed by atoms with Gasteiger partial charge < -0.3 is 15.4 Å². The molecule has 0 aliphatic heterocycles. The fraction of sp³-hybridized carbons (Fsp3) is 0.933. The van der Waals surface area contributed by atoms with Crippen LogP contribution in [0.3, 0.4) is 0 Å². The molecule has 20 heavy (non-hydrogen) atoms. The number of carbonyl (C=O) groups is 1. The van der Waals surface area contributed by atoms with E-state index in [-0.39, 0.29) is 18.3 Å². The molecule has 120 valence electrons. The molecule has 0 heterocycles. The number of hydrogen-bond donors (Lipinski definition) is 2. The van der Waals surface area contributed by atoms with E-state index in [9.17, 15) is 4.79 Å². The van der Waals surface area contributed by atoms with Crippen molar-refractivity contribution in [1.29, 1.82) is 0 Å². The molecule has 1 rings (SSSR count). The van der Waals surface area contributed by atoms with Crippen molar-refractivity contribution < 1.29 is 9.53 Å². The van der Waals surface area contributed by atoms with E-state index in [0.29, 0.717) is 11.8 Å². The van der Waals surface area contributed by atoms with Crippen LogP contribution >= 0.6 is 12.4 Å². The molecular weight excluding hydrogens is 276 g/mol. The minimum Gasteiger partial charge on any atom is -0.382 e. The highest BCUT2D eigenvalue weighted by atomic mass is 35.5. The van der Waals surface area contributed by atoms with Crippen LogP contribution in [0.2, 0.25) is 0 Å². The van der Waals surface area contributed by atoms with Crippen LogP contribution in [-0.4, -0.2) is 39.3 Å². The van der Waals surface area contributed by atoms with Crippen LogP contribution in [0.25, 0.3) is 0 Å². The average Bonchev–Trinajstić information content (AvgIpc) is 2.87. The van der Waals surface area contributed by atoms with Crippen molar-refractivity contribution in [2.24, 2.45) is 5.41 Å². The standard InChI is InChI=1S/C15H30N2O2.ClH/c1-3-19-12-10-15(8-4-5-9-15)13-17-14(18)7-6-11-16-2;/h16H,3-13H2,1-2H3,(H,17,18);1H. The molecule has 1 saturated carbocycles. The van der Waals surface area contributed by atoms with Crippen LogP contribution < -0.4 is 10.6 Å². The van der Waals surface area contributed by atoms with Gasteiger partial charge in [-0.25, -0.2) is 0 Å². The van der Waals surface area contributed by atoms with Crippen molar-refractivity contribution in [3.63, 3.8) is 0 Å². The van der Waals surface area contributed by atoms with E-state index in [1.54, 1.807) is 0 Å². The van der Waals surface area contributed by atoms with Gasteiger partial charge in [-0.2, -0.15) is 0 Å². The van der Waals surface area contributed by atoms with Crippen molar-refractivity contribution in [3.05, 3.63) is 0 Å². The number of amides is 1. The van der Waals surface area contributed by atoms with Gasteiger partial charge >= 0.3 is 0 Å². The molecule has 1 amide bonds. The summed E-state index contributed by atoms with van der Waals surface area (Å²) in [4.78, 5) is 11.8. The number of nitrogens with one attached hydrogen (secondary N) is 2. The number of hydrogen-bond acceptors (Lipinski definition) is 3. The molecule has 0 aromatic carbocycles. The Morgan fingerprint density at radius 2 is 2.00 bits per heavy atom. The Hall–Kier alpha value is -0.320. The van der Waals surface area contributed by atoms with Gasteiger partial charge in [-0.3, -0.25) is 4.79 Å². The van der Waals surface area contributed by atoms with Crippen LogP contribution in [0, 0.1) is 5.41 Å². The lowest BCUT2D eigenvalue weighted by Gasteiger charge is -2.29. The summed E-state index contributed by atoms with van der Waals surface area (Å²) in [5, 5.41) is 6.19. The van der Waals surface area contributed by atoms with Crippen LogP contribution in [0.15, 0.2) is 0 Å². The molecule has 0 aromatic rings. The summed E-state index contributed by atoms with van der Waals surface area (Å²) in [6.07, 6.45) is 7.67. The average molecular weight is 307 g/mol. The fourth-order valence-electron chi connectivity index (χ4n) is 2.87. The summed E-state index contributed by atoms with van der Waals surface area (Å²) in [5.41, 5.74) is 0.299. The fourth-order valence-corrected chi connectivity index (χ4v) is 2.87. The first-order chi connectivity index (χ1) is 9.22. The maximum atomic E-state index is 11.8. The second kappa shape index (κ2) is 11.4. The van der Waals surface area contributed by atoms with Gasteiger partial charge in [-0.15, -0.1) is 12.4 Å². The third-order valence-electron chi connectivity index (χ3n) is 4.14. The van der Waals surface area contributed by atoms with Gasteiger partial charge in [-0.05, 0) is 51.6 Å². The molecular formula is C15H31ClN2O2. The van der Waals surface area contributed by atoms with Crippen LogP contribution in [0.1, 0.15) is 51.9 Å². The quantitative estimate of drug-likeness (QED) is 0.610. The molecule has 0 unspecified atom stereocenters. The third-order valence-corrected chi connectivity index (χ3v) is 4.14. The Balaban J connectivity index is 0.00000361. The van der Waals surface area contributed by atoms with Gasteiger partial charge in [0.05, 0.1) is 0 Å². The number of carbonyl (C=O) groups excluding carboxylic acids is 1. The lowest BCUT2D eigenvalue weighted by atomic mass is 9.83. The SMILES string of the molecule is CCOCCC1(CNC(=O)CCCNC)CCCC1.Cl.